The highest BCUT2D eigenvalue weighted by Crippen LogP contribution is 2.29. The number of benzene rings is 2. The van der Waals surface area contributed by atoms with E-state index in [1.807, 2.05) is 6.92 Å². The van der Waals surface area contributed by atoms with Crippen LogP contribution in [0.1, 0.15) is 15.9 Å². The Kier molecular flexibility index (Phi) is 4.77. The summed E-state index contributed by atoms with van der Waals surface area (Å²) < 4.78 is 42.6. The Labute approximate surface area is 129 Å². The third-order valence-electron chi connectivity index (χ3n) is 3.04. The molecule has 2 rings (SSSR count). The summed E-state index contributed by atoms with van der Waals surface area (Å²) in [4.78, 5) is 11.5. The first-order chi connectivity index (χ1) is 10.4. The second kappa shape index (κ2) is 6.57. The molecule has 5 nitrogen and oxygen atoms in total. The van der Waals surface area contributed by atoms with Gasteiger partial charge in [-0.05, 0) is 37.3 Å². The van der Waals surface area contributed by atoms with Gasteiger partial charge in [0.25, 0.3) is 0 Å². The van der Waals surface area contributed by atoms with Crippen LogP contribution in [-0.2, 0) is 15.6 Å². The Balaban J connectivity index is 2.58. The fourth-order valence-corrected chi connectivity index (χ4v) is 2.58. The molecule has 0 amide bonds. The maximum atomic E-state index is 14.1. The van der Waals surface area contributed by atoms with Gasteiger partial charge in [-0.15, -0.1) is 0 Å². The molecule has 0 fully saturated rings. The molecule has 0 aliphatic carbocycles. The number of thiol groups is 1. The fraction of sp³-hybridized carbons (Fsp3) is 0.133. The van der Waals surface area contributed by atoms with Crippen molar-refractivity contribution in [2.75, 3.05) is 11.4 Å². The number of nitrogens with zero attached hydrogens (tertiary/aromatic N) is 1. The summed E-state index contributed by atoms with van der Waals surface area (Å²) in [5.74, 6) is -1.43. The number of anilines is 2. The average Bonchev–Trinajstić information content (AvgIpc) is 2.50. The average molecular weight is 323 g/mol. The van der Waals surface area contributed by atoms with E-state index in [1.54, 1.807) is 24.3 Å². The van der Waals surface area contributed by atoms with E-state index < -0.39 is 22.7 Å². The first kappa shape index (κ1) is 16.0. The zero-order valence-electron chi connectivity index (χ0n) is 11.9. The van der Waals surface area contributed by atoms with Gasteiger partial charge in [0.05, 0.1) is 24.0 Å². The third kappa shape index (κ3) is 3.25. The van der Waals surface area contributed by atoms with E-state index in [9.17, 15) is 17.6 Å². The van der Waals surface area contributed by atoms with Crippen LogP contribution in [0.4, 0.5) is 15.8 Å². The van der Waals surface area contributed by atoms with Crippen molar-refractivity contribution in [1.29, 1.82) is 0 Å². The van der Waals surface area contributed by atoms with Crippen LogP contribution in [0, 0.1) is 12.7 Å². The van der Waals surface area contributed by atoms with Gasteiger partial charge in [0.15, 0.2) is 0 Å². The van der Waals surface area contributed by atoms with Crippen molar-refractivity contribution >= 4 is 28.2 Å². The highest BCUT2D eigenvalue weighted by molar-refractivity contribution is 7.74. The van der Waals surface area contributed by atoms with Gasteiger partial charge in [-0.3, -0.25) is 0 Å². The SMILES string of the molecule is COC(=O)c1ccc(F)c(N(c2ccc(C)cc2)[SH](=O)=O)c1. The quantitative estimate of drug-likeness (QED) is 0.694. The minimum absolute atomic E-state index is 0.0628. The summed E-state index contributed by atoms with van der Waals surface area (Å²) in [6.07, 6.45) is 0. The van der Waals surface area contributed by atoms with Crippen LogP contribution in [0.2, 0.25) is 0 Å². The number of rotatable bonds is 4. The molecular weight excluding hydrogens is 309 g/mol. The van der Waals surface area contributed by atoms with Crippen molar-refractivity contribution in [1.82, 2.24) is 0 Å². The first-order valence-corrected chi connectivity index (χ1v) is 7.46. The molecule has 0 radical (unpaired) electrons. The lowest BCUT2D eigenvalue weighted by Gasteiger charge is -2.19. The van der Waals surface area contributed by atoms with Crippen LogP contribution < -0.4 is 4.31 Å². The molecule has 22 heavy (non-hydrogen) atoms. The normalized spacial score (nSPS) is 10.5. The highest BCUT2D eigenvalue weighted by atomic mass is 32.2. The van der Waals surface area contributed by atoms with Crippen LogP contribution in [0.3, 0.4) is 0 Å². The van der Waals surface area contributed by atoms with Crippen LogP contribution in [0.15, 0.2) is 42.5 Å². The molecular formula is C15H14FNO4S. The predicted molar refractivity (Wildman–Crippen MR) is 81.4 cm³/mol. The topological polar surface area (TPSA) is 63.7 Å². The number of methoxy groups -OCH3 is 1. The lowest BCUT2D eigenvalue weighted by molar-refractivity contribution is 0.0600. The fourth-order valence-electron chi connectivity index (χ4n) is 1.93. The summed E-state index contributed by atoms with van der Waals surface area (Å²) in [5, 5.41) is 0. The number of ether oxygens (including phenoxy) is 1. The van der Waals surface area contributed by atoms with Gasteiger partial charge in [-0.1, -0.05) is 17.7 Å². The largest absolute Gasteiger partial charge is 0.465 e. The summed E-state index contributed by atoms with van der Waals surface area (Å²) >= 11 is 0. The van der Waals surface area contributed by atoms with Crippen molar-refractivity contribution in [3.8, 4) is 0 Å². The maximum absolute atomic E-state index is 14.1. The van der Waals surface area contributed by atoms with Crippen molar-refractivity contribution in [2.24, 2.45) is 0 Å². The molecule has 0 aliphatic rings. The molecule has 0 spiro atoms. The van der Waals surface area contributed by atoms with Crippen LogP contribution in [0.5, 0.6) is 0 Å². The number of hydrogen-bond donors (Lipinski definition) is 1. The van der Waals surface area contributed by atoms with Gasteiger partial charge in [0, 0.05) is 0 Å². The lowest BCUT2D eigenvalue weighted by Crippen LogP contribution is -2.17. The van der Waals surface area contributed by atoms with Crippen molar-refractivity contribution in [3.63, 3.8) is 0 Å². The van der Waals surface area contributed by atoms with E-state index in [-0.39, 0.29) is 16.9 Å². The van der Waals surface area contributed by atoms with Crippen LogP contribution >= 0.6 is 0 Å². The molecule has 0 aromatic heterocycles. The smallest absolute Gasteiger partial charge is 0.337 e. The number of esters is 1. The number of halogens is 1. The summed E-state index contributed by atoms with van der Waals surface area (Å²) in [6.45, 7) is 1.85. The second-order valence-corrected chi connectivity index (χ2v) is 5.42. The predicted octanol–water partition coefficient (Wildman–Crippen LogP) is 2.59. The Morgan fingerprint density at radius 1 is 1.14 bits per heavy atom. The molecule has 0 aliphatic heterocycles. The van der Waals surface area contributed by atoms with Crippen LogP contribution in [-0.4, -0.2) is 21.5 Å². The third-order valence-corrected chi connectivity index (χ3v) is 3.81. The molecule has 2 aromatic carbocycles. The van der Waals surface area contributed by atoms with Gasteiger partial charge in [-0.25, -0.2) is 21.9 Å². The lowest BCUT2D eigenvalue weighted by atomic mass is 10.1. The van der Waals surface area contributed by atoms with Gasteiger partial charge in [-0.2, -0.15) is 0 Å². The molecule has 0 N–H and O–H groups in total. The molecule has 7 heteroatoms. The molecule has 2 aromatic rings. The van der Waals surface area contributed by atoms with Crippen LogP contribution in [0.25, 0.3) is 0 Å². The highest BCUT2D eigenvalue weighted by Gasteiger charge is 2.18. The molecule has 116 valence electrons. The second-order valence-electron chi connectivity index (χ2n) is 4.54. The molecule has 0 saturated heterocycles. The van der Waals surface area contributed by atoms with Gasteiger partial charge >= 0.3 is 5.97 Å². The van der Waals surface area contributed by atoms with E-state index in [4.69, 9.17) is 0 Å². The summed E-state index contributed by atoms with van der Waals surface area (Å²) in [7, 11) is -1.95. The molecule has 0 heterocycles. The standard InChI is InChI=1S/C15H14FNO4S/c1-10-3-6-12(7-4-10)17(22(19)20)14-9-11(15(18)21-2)5-8-13(14)16/h3-9,22H,1-2H3. The summed E-state index contributed by atoms with van der Waals surface area (Å²) in [5.41, 5.74) is 1.05. The number of aryl methyl sites for hydroxylation is 1. The Hall–Kier alpha value is -2.41. The minimum atomic E-state index is -3.14. The molecule has 0 atom stereocenters. The molecule has 0 saturated carbocycles. The number of carbonyl (C=O) groups is 1. The van der Waals surface area contributed by atoms with Gasteiger partial charge < -0.3 is 4.74 Å². The Morgan fingerprint density at radius 3 is 2.32 bits per heavy atom. The zero-order valence-corrected chi connectivity index (χ0v) is 12.8. The molecule has 0 unspecified atom stereocenters. The van der Waals surface area contributed by atoms with E-state index in [0.717, 1.165) is 22.0 Å². The monoisotopic (exact) mass is 323 g/mol. The first-order valence-electron chi connectivity index (χ1n) is 6.33. The zero-order chi connectivity index (χ0) is 16.3. The van der Waals surface area contributed by atoms with Crippen molar-refractivity contribution < 1.29 is 22.3 Å². The Bertz CT molecular complexity index is 764. The molecule has 0 bridgehead atoms. The van der Waals surface area contributed by atoms with E-state index in [0.29, 0.717) is 0 Å². The van der Waals surface area contributed by atoms with Gasteiger partial charge in [0.1, 0.15) is 5.82 Å². The maximum Gasteiger partial charge on any atom is 0.337 e. The van der Waals surface area contributed by atoms with Gasteiger partial charge in [0.2, 0.25) is 10.9 Å². The number of carbonyl (C=O) groups excluding carboxylic acids is 1. The van der Waals surface area contributed by atoms with Crippen molar-refractivity contribution in [2.45, 2.75) is 6.92 Å². The minimum Gasteiger partial charge on any atom is -0.465 e. The number of hydrogen-bond acceptors (Lipinski definition) is 4. The Morgan fingerprint density at radius 2 is 1.77 bits per heavy atom. The van der Waals surface area contributed by atoms with E-state index in [2.05, 4.69) is 4.74 Å². The van der Waals surface area contributed by atoms with E-state index in [1.165, 1.54) is 13.2 Å². The summed E-state index contributed by atoms with van der Waals surface area (Å²) in [6, 6.07) is 9.95. The van der Waals surface area contributed by atoms with Crippen molar-refractivity contribution in [3.05, 3.63) is 59.4 Å². The van der Waals surface area contributed by atoms with E-state index >= 15 is 0 Å².